The average molecular weight is 1630 g/mol. The van der Waals surface area contributed by atoms with Crippen LogP contribution in [0.5, 0.6) is 0 Å². The van der Waals surface area contributed by atoms with E-state index in [1.807, 2.05) is 35.9 Å². The van der Waals surface area contributed by atoms with E-state index >= 15 is 0 Å². The minimum Gasteiger partial charge on any atom is -0.359 e. The van der Waals surface area contributed by atoms with Gasteiger partial charge in [0.2, 0.25) is 0 Å². The zero-order chi connectivity index (χ0) is 98.8. The largest absolute Gasteiger partial charge is 0.359 e. The Morgan fingerprint density at radius 2 is 0.487 bits per heavy atom. The van der Waals surface area contributed by atoms with Crippen molar-refractivity contribution in [3.8, 4) is 0 Å². The third kappa shape index (κ3) is 18.0. The van der Waals surface area contributed by atoms with Gasteiger partial charge >= 0.3 is 0 Å². The van der Waals surface area contributed by atoms with Gasteiger partial charge in [-0.25, -0.2) is 0 Å². The smallest absolute Gasteiger partial charge is 0.103 e. The maximum atomic E-state index is 8.53. The average Bonchev–Trinajstić information content (AvgIpc) is 1.69. The first-order valence-corrected chi connectivity index (χ1v) is 42.7. The predicted molar refractivity (Wildman–Crippen MR) is 509 cm³/mol. The second kappa shape index (κ2) is 37.0. The summed E-state index contributed by atoms with van der Waals surface area (Å²) in [5.74, 6) is 0. The molecule has 10 aliphatic heterocycles. The Hall–Kier alpha value is -10.5. The molecule has 1 unspecified atom stereocenters. The van der Waals surface area contributed by atoms with Crippen LogP contribution in [0.15, 0.2) is 191 Å². The van der Waals surface area contributed by atoms with Crippen molar-refractivity contribution in [2.24, 2.45) is 0 Å². The summed E-state index contributed by atoms with van der Waals surface area (Å²) in [6, 6.07) is 19.9. The van der Waals surface area contributed by atoms with E-state index in [0.717, 1.165) is 51.7 Å². The van der Waals surface area contributed by atoms with Crippen molar-refractivity contribution < 1.29 is 19.2 Å². The lowest BCUT2D eigenvalue weighted by Gasteiger charge is -2.36. The van der Waals surface area contributed by atoms with Crippen LogP contribution in [0.3, 0.4) is 0 Å². The predicted octanol–water partition coefficient (Wildman–Crippen LogP) is 20.8. The lowest BCUT2D eigenvalue weighted by molar-refractivity contribution is 0.262. The van der Waals surface area contributed by atoms with Crippen molar-refractivity contribution in [1.29, 1.82) is 0 Å². The van der Waals surface area contributed by atoms with Crippen LogP contribution in [-0.2, 0) is 0 Å². The number of benzene rings is 5. The Morgan fingerprint density at radius 3 is 0.731 bits per heavy atom. The topological polar surface area (TPSA) is 64.8 Å². The van der Waals surface area contributed by atoms with Crippen molar-refractivity contribution in [2.45, 2.75) is 286 Å². The number of nitrogens with zero attached hydrogens (tertiary/aromatic N) is 20. The maximum absolute atomic E-state index is 8.53. The highest BCUT2D eigenvalue weighted by Gasteiger charge is 2.36. The molecule has 0 radical (unpaired) electrons. The molecule has 0 aromatic heterocycles. The van der Waals surface area contributed by atoms with Gasteiger partial charge in [-0.15, -0.1) is 0 Å². The van der Waals surface area contributed by atoms with Crippen LogP contribution in [0.4, 0.5) is 56.9 Å². The van der Waals surface area contributed by atoms with Gasteiger partial charge in [0, 0.05) is 263 Å². The van der Waals surface area contributed by atoms with Gasteiger partial charge in [-0.1, -0.05) is 6.07 Å². The Labute approximate surface area is 739 Å². The normalized spacial score (nSPS) is 26.1. The maximum Gasteiger partial charge on any atom is 0.103 e. The van der Waals surface area contributed by atoms with Crippen LogP contribution in [0.2, 0.25) is 0 Å². The van der Waals surface area contributed by atoms with E-state index in [-0.39, 0.29) is 12.3 Å². The molecule has 5 aromatic carbocycles. The summed E-state index contributed by atoms with van der Waals surface area (Å²) in [7, 11) is 6.30. The Balaban J connectivity index is 0.000000162. The third-order valence-electron chi connectivity index (χ3n) is 25.6. The quantitative estimate of drug-likeness (QED) is 0.0941. The minimum atomic E-state index is -3.10. The van der Waals surface area contributed by atoms with Crippen LogP contribution >= 0.6 is 0 Å². The van der Waals surface area contributed by atoms with Crippen molar-refractivity contribution in [3.63, 3.8) is 0 Å². The van der Waals surface area contributed by atoms with E-state index in [1.165, 1.54) is 90.4 Å². The number of hydrogen-bond acceptors (Lipinski definition) is 20. The molecule has 0 bridgehead atoms. The lowest BCUT2D eigenvalue weighted by Crippen LogP contribution is -2.41. The third-order valence-corrected chi connectivity index (χ3v) is 25.6. The van der Waals surface area contributed by atoms with Gasteiger partial charge in [-0.2, -0.15) is 0 Å². The second-order valence-electron chi connectivity index (χ2n) is 33.9. The highest BCUT2D eigenvalue weighted by Crippen LogP contribution is 2.44. The molecule has 10 aliphatic rings. The molecule has 0 saturated heterocycles. The van der Waals surface area contributed by atoms with Crippen molar-refractivity contribution in [3.05, 3.63) is 241 Å². The van der Waals surface area contributed by atoms with Gasteiger partial charge in [0.25, 0.3) is 0 Å². The fourth-order valence-electron chi connectivity index (χ4n) is 17.7. The van der Waals surface area contributed by atoms with E-state index in [2.05, 4.69) is 370 Å². The molecule has 0 N–H and O–H groups in total. The van der Waals surface area contributed by atoms with E-state index < -0.39 is 51.9 Å². The first-order chi connectivity index (χ1) is 61.9. The van der Waals surface area contributed by atoms with Gasteiger partial charge in [0.15, 0.2) is 0 Å². The molecule has 5 aromatic rings. The number of hydrogen-bond donors (Lipinski definition) is 0. The summed E-state index contributed by atoms with van der Waals surface area (Å²) in [5.41, 5.74) is 22.3. The first-order valence-electron chi connectivity index (χ1n) is 49.7. The summed E-state index contributed by atoms with van der Waals surface area (Å²) in [6.07, 6.45) is 41.0. The molecule has 119 heavy (non-hydrogen) atoms. The fourth-order valence-corrected chi connectivity index (χ4v) is 17.7. The monoisotopic (exact) mass is 1630 g/mol. The molecular weight excluding hydrogens is 1470 g/mol. The number of anilines is 10. The molecule has 0 saturated carbocycles. The van der Waals surface area contributed by atoms with Crippen molar-refractivity contribution in [1.82, 2.24) is 49.0 Å². The Morgan fingerprint density at radius 1 is 0.269 bits per heavy atom. The van der Waals surface area contributed by atoms with Gasteiger partial charge in [0.1, 0.15) is 61.7 Å². The van der Waals surface area contributed by atoms with Gasteiger partial charge in [0.05, 0.1) is 2.74 Å². The number of rotatable bonds is 16. The molecule has 10 heterocycles. The summed E-state index contributed by atoms with van der Waals surface area (Å²) in [5, 5.41) is 0. The fraction of sp³-hybridized carbons (Fsp3) is 0.495. The number of aryl methyl sites for hydroxylation is 4. The second-order valence-corrected chi connectivity index (χ2v) is 33.9. The van der Waals surface area contributed by atoms with Crippen molar-refractivity contribution in [2.75, 3.05) is 90.2 Å². The van der Waals surface area contributed by atoms with Crippen LogP contribution in [-0.4, -0.2) is 176 Å². The molecule has 20 nitrogen and oxygen atoms in total. The van der Waals surface area contributed by atoms with Gasteiger partial charge < -0.3 is 98.0 Å². The summed E-state index contributed by atoms with van der Waals surface area (Å²) >= 11 is 0. The SMILES string of the molecule is CCN1C=CN(c2cc(C)cc(N3C=CN(CC)[C@@H]3C)c2C)[C@@H]1C.Cc1cc(N2C=CN(C(C)C)[C@@H]2C)c(C)c(N2C=CN(C(C)C)[C@H]2C)c1.Cc1cc(N2C=CN(C)[C@H]2C)c(C)c(N2C=CN(C)[C@@H]2C)c1.[2H]C([2H])([2H])C([2H])(C)N1C=CN(c2cccc(N3C=CN(C([2H])(C([2H])([2H])[2H])C([2H])([2H])[2H])[C@H]3C)c2C)[C@H]1C.[2H]C([2H])([2H])N1C=CN(c2cc(C)cc(N3C=CN(C)[C@@H]3C)c2C)[C@@H]1C. The molecule has 11 atom stereocenters. The molecule has 0 fully saturated rings. The Kier molecular flexibility index (Phi) is 22.2. The summed E-state index contributed by atoms with van der Waals surface area (Å²) < 4.78 is 110. The van der Waals surface area contributed by atoms with Crippen LogP contribution in [0, 0.1) is 62.3 Å². The first kappa shape index (κ1) is 71.4. The van der Waals surface area contributed by atoms with E-state index in [1.54, 1.807) is 55.7 Å². The zero-order valence-corrected chi connectivity index (χ0v) is 76.7. The molecule has 15 rings (SSSR count). The summed E-state index contributed by atoms with van der Waals surface area (Å²) in [6.45, 7) is 46.3. The van der Waals surface area contributed by atoms with Crippen LogP contribution in [0.1, 0.15) is 208 Å². The molecular formula is C99H148N20. The van der Waals surface area contributed by atoms with Crippen LogP contribution in [0.25, 0.3) is 0 Å². The van der Waals surface area contributed by atoms with E-state index in [9.17, 15) is 0 Å². The van der Waals surface area contributed by atoms with E-state index in [4.69, 9.17) is 19.2 Å². The molecule has 20 heteroatoms. The molecule has 0 amide bonds. The summed E-state index contributed by atoms with van der Waals surface area (Å²) in [4.78, 5) is 42.2. The Bertz CT molecular complexity index is 5100. The zero-order valence-electron chi connectivity index (χ0n) is 90.7. The molecule has 644 valence electrons. The standard InChI is InChI=1S/C22H34N4.C21H32N4.C20H30N4.2C18H26N4/c1-15(2)23-9-11-25(19(23)7)21-13-17(5)14-22(18(21)6)26-12-10-24(16(3)4)20(26)8;1-15(2)22-11-13-24(18(22)6)20-9-8-10-21(17(20)5)25-14-12-23(16(3)4)19(25)7;1-7-21-9-11-23(17(21)5)19-13-15(3)14-20(16(19)4)24-12-10-22(8-2)18(24)6;2*1-13-11-17(21-9-7-19(5)15(21)3)14(2)18(12-13)22-10-8-20(6)16(22)4/h9-16,19-20H,1-8H3;8-16,18-19H,1-7H3;9-14,17-18H,7-8H2,1-6H3;2*7-12,15-16H,1-6H3/t19-,20+;18-,19+;17-,18+;2*15-,16+/i;1D3,2D3,3D3,15D,16D;;5D3;/t;16?,18-,19+;;m;/m.1.1./s1. The van der Waals surface area contributed by atoms with Crippen LogP contribution < -0.4 is 49.0 Å². The van der Waals surface area contributed by atoms with Gasteiger partial charge in [-0.3, -0.25) is 0 Å². The van der Waals surface area contributed by atoms with Gasteiger partial charge in [-0.05, 0) is 311 Å². The highest BCUT2D eigenvalue weighted by atomic mass is 15.5. The minimum absolute atomic E-state index is 0.249. The lowest BCUT2D eigenvalue weighted by atomic mass is 10.1. The molecule has 0 aliphatic carbocycles. The van der Waals surface area contributed by atoms with E-state index in [0.29, 0.717) is 54.8 Å². The van der Waals surface area contributed by atoms with Crippen molar-refractivity contribution >= 4 is 56.9 Å². The molecule has 0 spiro atoms. The highest BCUT2D eigenvalue weighted by molar-refractivity contribution is 5.77.